The van der Waals surface area contributed by atoms with Crippen molar-refractivity contribution in [3.05, 3.63) is 35.9 Å². The molecular formula is C9H8O3. The number of hydrogen-bond donors (Lipinski definition) is 2. The normalized spacial score (nSPS) is 9.33. The molecule has 0 aromatic heterocycles. The average Bonchev–Trinajstić information content (AvgIpc) is 2.05. The Kier molecular flexibility index (Phi) is 2.14. The van der Waals surface area contributed by atoms with Gasteiger partial charge >= 0.3 is 5.97 Å². The molecule has 0 amide bonds. The minimum atomic E-state index is -1.02. The highest BCUT2D eigenvalue weighted by atomic mass is 16.4. The van der Waals surface area contributed by atoms with Crippen LogP contribution < -0.4 is 0 Å². The molecule has 0 radical (unpaired) electrons. The Balaban J connectivity index is 3.22. The zero-order valence-corrected chi connectivity index (χ0v) is 6.32. The van der Waals surface area contributed by atoms with Crippen molar-refractivity contribution in [1.29, 1.82) is 0 Å². The zero-order chi connectivity index (χ0) is 9.14. The number of carboxylic acids is 1. The molecule has 0 aliphatic heterocycles. The summed E-state index contributed by atoms with van der Waals surface area (Å²) < 4.78 is 0. The van der Waals surface area contributed by atoms with Gasteiger partial charge in [0.1, 0.15) is 5.75 Å². The van der Waals surface area contributed by atoms with Crippen molar-refractivity contribution in [2.24, 2.45) is 0 Å². The average molecular weight is 164 g/mol. The minimum Gasteiger partial charge on any atom is -0.507 e. The number of aromatic carboxylic acids is 1. The Morgan fingerprint density at radius 1 is 1.50 bits per heavy atom. The number of aromatic hydroxyl groups is 1. The zero-order valence-electron chi connectivity index (χ0n) is 6.32. The van der Waals surface area contributed by atoms with Crippen molar-refractivity contribution in [1.82, 2.24) is 0 Å². The highest BCUT2D eigenvalue weighted by Crippen LogP contribution is 2.19. The van der Waals surface area contributed by atoms with Crippen molar-refractivity contribution < 1.29 is 15.0 Å². The van der Waals surface area contributed by atoms with E-state index in [1.165, 1.54) is 24.3 Å². The van der Waals surface area contributed by atoms with Gasteiger partial charge in [-0.25, -0.2) is 4.79 Å². The van der Waals surface area contributed by atoms with Crippen LogP contribution in [0.1, 0.15) is 15.9 Å². The van der Waals surface area contributed by atoms with Crippen molar-refractivity contribution in [3.63, 3.8) is 0 Å². The number of hydrogen-bond acceptors (Lipinski definition) is 2. The van der Waals surface area contributed by atoms with Crippen molar-refractivity contribution in [3.8, 4) is 5.75 Å². The molecular weight excluding hydrogens is 156 g/mol. The van der Waals surface area contributed by atoms with Gasteiger partial charge in [0.25, 0.3) is 0 Å². The molecule has 0 unspecified atom stereocenters. The molecule has 0 aliphatic carbocycles. The SMILES string of the molecule is C=Cc1cc(C(=O)O)ccc1O. The summed E-state index contributed by atoms with van der Waals surface area (Å²) in [7, 11) is 0. The fraction of sp³-hybridized carbons (Fsp3) is 0. The molecule has 3 heteroatoms. The fourth-order valence-electron chi connectivity index (χ4n) is 0.851. The van der Waals surface area contributed by atoms with Gasteiger partial charge in [0.05, 0.1) is 5.56 Å². The minimum absolute atomic E-state index is 0.0370. The Labute approximate surface area is 69.6 Å². The molecule has 1 rings (SSSR count). The second-order valence-corrected chi connectivity index (χ2v) is 2.28. The lowest BCUT2D eigenvalue weighted by Gasteiger charge is -1.99. The van der Waals surface area contributed by atoms with E-state index in [4.69, 9.17) is 10.2 Å². The summed E-state index contributed by atoms with van der Waals surface area (Å²) >= 11 is 0. The second kappa shape index (κ2) is 3.09. The highest BCUT2D eigenvalue weighted by Gasteiger charge is 2.04. The summed E-state index contributed by atoms with van der Waals surface area (Å²) in [5.41, 5.74) is 0.567. The van der Waals surface area contributed by atoms with Gasteiger partial charge in [-0.05, 0) is 18.2 Å². The Morgan fingerprint density at radius 3 is 2.67 bits per heavy atom. The highest BCUT2D eigenvalue weighted by molar-refractivity contribution is 5.88. The van der Waals surface area contributed by atoms with E-state index in [1.807, 2.05) is 0 Å². The van der Waals surface area contributed by atoms with Crippen LogP contribution in [0.3, 0.4) is 0 Å². The molecule has 12 heavy (non-hydrogen) atoms. The molecule has 0 heterocycles. The first-order valence-electron chi connectivity index (χ1n) is 3.34. The number of phenols is 1. The lowest BCUT2D eigenvalue weighted by atomic mass is 10.1. The van der Waals surface area contributed by atoms with E-state index in [0.29, 0.717) is 5.56 Å². The predicted molar refractivity (Wildman–Crippen MR) is 45.2 cm³/mol. The van der Waals surface area contributed by atoms with E-state index in [-0.39, 0.29) is 11.3 Å². The van der Waals surface area contributed by atoms with E-state index < -0.39 is 5.97 Å². The smallest absolute Gasteiger partial charge is 0.335 e. The fourth-order valence-corrected chi connectivity index (χ4v) is 0.851. The first kappa shape index (κ1) is 8.33. The monoisotopic (exact) mass is 164 g/mol. The van der Waals surface area contributed by atoms with Gasteiger partial charge in [0, 0.05) is 5.56 Å². The lowest BCUT2D eigenvalue weighted by molar-refractivity contribution is 0.0697. The number of phenolic OH excluding ortho intramolecular Hbond substituents is 1. The van der Waals surface area contributed by atoms with Gasteiger partial charge < -0.3 is 10.2 Å². The van der Waals surface area contributed by atoms with Crippen LogP contribution in [0.15, 0.2) is 24.8 Å². The molecule has 0 saturated heterocycles. The van der Waals surface area contributed by atoms with E-state index >= 15 is 0 Å². The maximum Gasteiger partial charge on any atom is 0.335 e. The maximum atomic E-state index is 10.5. The first-order chi connectivity index (χ1) is 5.65. The number of carboxylic acid groups (broad SMARTS) is 1. The summed E-state index contributed by atoms with van der Waals surface area (Å²) in [6, 6.07) is 4.04. The molecule has 2 N–H and O–H groups in total. The van der Waals surface area contributed by atoms with Gasteiger partial charge in [0.2, 0.25) is 0 Å². The van der Waals surface area contributed by atoms with Gasteiger partial charge in [-0.3, -0.25) is 0 Å². The number of carbonyl (C=O) groups is 1. The van der Waals surface area contributed by atoms with Gasteiger partial charge in [0.15, 0.2) is 0 Å². The van der Waals surface area contributed by atoms with Crippen LogP contribution in [0.25, 0.3) is 6.08 Å². The van der Waals surface area contributed by atoms with Gasteiger partial charge in [-0.15, -0.1) is 0 Å². The van der Waals surface area contributed by atoms with Crippen LogP contribution in [-0.2, 0) is 0 Å². The van der Waals surface area contributed by atoms with E-state index in [2.05, 4.69) is 6.58 Å². The van der Waals surface area contributed by atoms with Crippen LogP contribution >= 0.6 is 0 Å². The van der Waals surface area contributed by atoms with Gasteiger partial charge in [-0.2, -0.15) is 0 Å². The topological polar surface area (TPSA) is 57.5 Å². The van der Waals surface area contributed by atoms with Crippen molar-refractivity contribution >= 4 is 12.0 Å². The first-order valence-corrected chi connectivity index (χ1v) is 3.34. The van der Waals surface area contributed by atoms with Gasteiger partial charge in [-0.1, -0.05) is 12.7 Å². The molecule has 1 aromatic carbocycles. The van der Waals surface area contributed by atoms with Crippen LogP contribution in [0.4, 0.5) is 0 Å². The third-order valence-electron chi connectivity index (χ3n) is 1.49. The Bertz CT molecular complexity index is 329. The lowest BCUT2D eigenvalue weighted by Crippen LogP contribution is -1.95. The van der Waals surface area contributed by atoms with Crippen LogP contribution in [0, 0.1) is 0 Å². The quantitative estimate of drug-likeness (QED) is 0.699. The molecule has 0 fully saturated rings. The summed E-state index contributed by atoms with van der Waals surface area (Å²) in [6.07, 6.45) is 1.40. The summed E-state index contributed by atoms with van der Waals surface area (Å²) in [6.45, 7) is 3.44. The molecule has 0 aliphatic rings. The largest absolute Gasteiger partial charge is 0.507 e. The summed E-state index contributed by atoms with van der Waals surface area (Å²) in [4.78, 5) is 10.5. The summed E-state index contributed by atoms with van der Waals surface area (Å²) in [5.74, 6) is -0.979. The van der Waals surface area contributed by atoms with E-state index in [0.717, 1.165) is 0 Å². The maximum absolute atomic E-state index is 10.5. The molecule has 0 spiro atoms. The van der Waals surface area contributed by atoms with Crippen LogP contribution in [0.2, 0.25) is 0 Å². The molecule has 0 saturated carbocycles. The Hall–Kier alpha value is -1.77. The third-order valence-corrected chi connectivity index (χ3v) is 1.49. The summed E-state index contributed by atoms with van der Waals surface area (Å²) in [5, 5.41) is 17.7. The molecule has 62 valence electrons. The van der Waals surface area contributed by atoms with E-state index in [9.17, 15) is 4.79 Å². The second-order valence-electron chi connectivity index (χ2n) is 2.28. The number of rotatable bonds is 2. The van der Waals surface area contributed by atoms with Crippen LogP contribution in [-0.4, -0.2) is 16.2 Å². The predicted octanol–water partition coefficient (Wildman–Crippen LogP) is 1.73. The molecule has 0 bridgehead atoms. The standard InChI is InChI=1S/C9H8O3/c1-2-6-5-7(9(11)12)3-4-8(6)10/h2-5,10H,1H2,(H,11,12). The molecule has 1 aromatic rings. The van der Waals surface area contributed by atoms with Crippen molar-refractivity contribution in [2.45, 2.75) is 0 Å². The molecule has 0 atom stereocenters. The van der Waals surface area contributed by atoms with Crippen LogP contribution in [0.5, 0.6) is 5.75 Å². The van der Waals surface area contributed by atoms with Crippen molar-refractivity contribution in [2.75, 3.05) is 0 Å². The molecule has 3 nitrogen and oxygen atoms in total. The third kappa shape index (κ3) is 1.45. The Morgan fingerprint density at radius 2 is 2.17 bits per heavy atom. The van der Waals surface area contributed by atoms with E-state index in [1.54, 1.807) is 0 Å². The number of benzene rings is 1.